The maximum Gasteiger partial charge on any atom is 0.148 e. The molecule has 23 heavy (non-hydrogen) atoms. The van der Waals surface area contributed by atoms with Crippen LogP contribution < -0.4 is 9.80 Å². The number of hydrogen-bond donors (Lipinski definition) is 0. The van der Waals surface area contributed by atoms with Gasteiger partial charge in [-0.3, -0.25) is 4.98 Å². The van der Waals surface area contributed by atoms with Crippen molar-refractivity contribution in [3.05, 3.63) is 48.0 Å². The third kappa shape index (κ3) is 2.46. The monoisotopic (exact) mass is 306 g/mol. The van der Waals surface area contributed by atoms with Crippen LogP contribution >= 0.6 is 0 Å². The van der Waals surface area contributed by atoms with Crippen LogP contribution in [0.25, 0.3) is 11.0 Å². The minimum Gasteiger partial charge on any atom is -0.362 e. The molecule has 0 spiro atoms. The lowest BCUT2D eigenvalue weighted by molar-refractivity contribution is 0.694. The lowest BCUT2D eigenvalue weighted by atomic mass is 10.1. The molecule has 4 rings (SSSR count). The molecule has 0 radical (unpaired) electrons. The molecule has 1 aliphatic rings. The van der Waals surface area contributed by atoms with Gasteiger partial charge in [-0.25, -0.2) is 15.0 Å². The maximum atomic E-state index is 4.76. The third-order valence-corrected chi connectivity index (χ3v) is 4.16. The highest BCUT2D eigenvalue weighted by Crippen LogP contribution is 2.27. The van der Waals surface area contributed by atoms with Crippen LogP contribution in [0.5, 0.6) is 0 Å². The molecule has 116 valence electrons. The summed E-state index contributed by atoms with van der Waals surface area (Å²) in [5.74, 6) is 1.89. The van der Waals surface area contributed by atoms with Crippen LogP contribution in [0, 0.1) is 0 Å². The van der Waals surface area contributed by atoms with E-state index in [2.05, 4.69) is 19.9 Å². The second kappa shape index (κ2) is 5.46. The summed E-state index contributed by atoms with van der Waals surface area (Å²) in [5, 5.41) is 0. The number of rotatable bonds is 2. The van der Waals surface area contributed by atoms with Crippen molar-refractivity contribution >= 4 is 22.7 Å². The van der Waals surface area contributed by atoms with Gasteiger partial charge in [0.25, 0.3) is 0 Å². The van der Waals surface area contributed by atoms with Crippen LogP contribution in [0.4, 0.5) is 11.6 Å². The fraction of sp³-hybridized carbons (Fsp3) is 0.294. The Kier molecular flexibility index (Phi) is 3.29. The fourth-order valence-corrected chi connectivity index (χ4v) is 3.01. The Hall–Kier alpha value is -2.76. The van der Waals surface area contributed by atoms with E-state index < -0.39 is 0 Å². The zero-order valence-electron chi connectivity index (χ0n) is 13.3. The Balaban J connectivity index is 1.71. The third-order valence-electron chi connectivity index (χ3n) is 4.16. The Labute approximate surface area is 134 Å². The largest absolute Gasteiger partial charge is 0.362 e. The number of benzene rings is 1. The van der Waals surface area contributed by atoms with E-state index in [0.717, 1.165) is 47.9 Å². The summed E-state index contributed by atoms with van der Waals surface area (Å²) in [7, 11) is 4.02. The van der Waals surface area contributed by atoms with E-state index in [9.17, 15) is 0 Å². The van der Waals surface area contributed by atoms with E-state index in [1.165, 1.54) is 5.56 Å². The summed E-state index contributed by atoms with van der Waals surface area (Å²) in [4.78, 5) is 22.4. The second-order valence-electron chi connectivity index (χ2n) is 5.91. The van der Waals surface area contributed by atoms with Gasteiger partial charge in [-0.15, -0.1) is 0 Å². The molecule has 3 heterocycles. The van der Waals surface area contributed by atoms with Gasteiger partial charge in [-0.05, 0) is 12.1 Å². The van der Waals surface area contributed by atoms with Crippen molar-refractivity contribution in [1.29, 1.82) is 0 Å². The normalized spacial score (nSPS) is 13.9. The predicted octanol–water partition coefficient (Wildman–Crippen LogP) is 2.05. The zero-order valence-corrected chi connectivity index (χ0v) is 13.3. The first kappa shape index (κ1) is 13.9. The molecule has 0 unspecified atom stereocenters. The lowest BCUT2D eigenvalue weighted by Gasteiger charge is -2.31. The van der Waals surface area contributed by atoms with E-state index in [1.807, 2.05) is 49.5 Å². The van der Waals surface area contributed by atoms with E-state index in [4.69, 9.17) is 4.98 Å². The standard InChI is InChI=1S/C17H18N6/c1-22(2)17-12-10-23(8-7-13(12)19-11-20-17)16-9-18-14-5-3-4-6-15(14)21-16/h3-6,9,11H,7-8,10H2,1-2H3. The number of aromatic nitrogens is 4. The van der Waals surface area contributed by atoms with Gasteiger partial charge in [0, 0.05) is 39.2 Å². The maximum absolute atomic E-state index is 4.76. The summed E-state index contributed by atoms with van der Waals surface area (Å²) in [6, 6.07) is 7.95. The molecule has 0 saturated heterocycles. The van der Waals surface area contributed by atoms with Crippen molar-refractivity contribution in [2.24, 2.45) is 0 Å². The van der Waals surface area contributed by atoms with Crippen molar-refractivity contribution in [2.75, 3.05) is 30.4 Å². The first-order chi connectivity index (χ1) is 11.2. The Morgan fingerprint density at radius 2 is 1.87 bits per heavy atom. The smallest absolute Gasteiger partial charge is 0.148 e. The molecule has 0 fully saturated rings. The molecule has 0 N–H and O–H groups in total. The second-order valence-corrected chi connectivity index (χ2v) is 5.91. The number of anilines is 2. The van der Waals surface area contributed by atoms with Gasteiger partial charge < -0.3 is 9.80 Å². The molecular weight excluding hydrogens is 288 g/mol. The molecule has 6 heteroatoms. The van der Waals surface area contributed by atoms with Gasteiger partial charge in [0.2, 0.25) is 0 Å². The number of hydrogen-bond acceptors (Lipinski definition) is 6. The van der Waals surface area contributed by atoms with E-state index in [-0.39, 0.29) is 0 Å². The summed E-state index contributed by atoms with van der Waals surface area (Å²) in [6.45, 7) is 1.65. The Morgan fingerprint density at radius 1 is 1.04 bits per heavy atom. The lowest BCUT2D eigenvalue weighted by Crippen LogP contribution is -2.33. The van der Waals surface area contributed by atoms with Gasteiger partial charge >= 0.3 is 0 Å². The molecular formula is C17H18N6. The summed E-state index contributed by atoms with van der Waals surface area (Å²) in [6.07, 6.45) is 4.40. The van der Waals surface area contributed by atoms with Gasteiger partial charge in [0.15, 0.2) is 0 Å². The van der Waals surface area contributed by atoms with Crippen LogP contribution in [0.3, 0.4) is 0 Å². The average Bonchev–Trinajstić information content (AvgIpc) is 2.60. The zero-order chi connectivity index (χ0) is 15.8. The molecule has 0 bridgehead atoms. The van der Waals surface area contributed by atoms with Crippen LogP contribution in [0.2, 0.25) is 0 Å². The highest BCUT2D eigenvalue weighted by molar-refractivity contribution is 5.75. The summed E-state index contributed by atoms with van der Waals surface area (Å²) < 4.78 is 0. The summed E-state index contributed by atoms with van der Waals surface area (Å²) in [5.41, 5.74) is 4.16. The topological polar surface area (TPSA) is 58.0 Å². The molecule has 0 saturated carbocycles. The number of fused-ring (bicyclic) bond motifs is 2. The van der Waals surface area contributed by atoms with Crippen molar-refractivity contribution < 1.29 is 0 Å². The molecule has 1 aromatic carbocycles. The van der Waals surface area contributed by atoms with Crippen LogP contribution in [-0.4, -0.2) is 40.6 Å². The molecule has 6 nitrogen and oxygen atoms in total. The highest BCUT2D eigenvalue weighted by atomic mass is 15.2. The average molecular weight is 306 g/mol. The number of para-hydroxylation sites is 2. The molecule has 0 amide bonds. The van der Waals surface area contributed by atoms with Crippen LogP contribution in [-0.2, 0) is 13.0 Å². The quantitative estimate of drug-likeness (QED) is 0.722. The van der Waals surface area contributed by atoms with Crippen LogP contribution in [0.15, 0.2) is 36.8 Å². The van der Waals surface area contributed by atoms with Crippen molar-refractivity contribution in [1.82, 2.24) is 19.9 Å². The van der Waals surface area contributed by atoms with E-state index in [1.54, 1.807) is 6.33 Å². The molecule has 0 aliphatic carbocycles. The first-order valence-corrected chi connectivity index (χ1v) is 7.69. The molecule has 0 atom stereocenters. The minimum absolute atomic E-state index is 0.761. The van der Waals surface area contributed by atoms with Gasteiger partial charge in [0.1, 0.15) is 18.0 Å². The van der Waals surface area contributed by atoms with Crippen molar-refractivity contribution in [2.45, 2.75) is 13.0 Å². The van der Waals surface area contributed by atoms with Crippen LogP contribution in [0.1, 0.15) is 11.3 Å². The molecule has 1 aliphatic heterocycles. The number of nitrogens with zero attached hydrogens (tertiary/aromatic N) is 6. The van der Waals surface area contributed by atoms with E-state index >= 15 is 0 Å². The fourth-order valence-electron chi connectivity index (χ4n) is 3.01. The van der Waals surface area contributed by atoms with Gasteiger partial charge in [-0.1, -0.05) is 12.1 Å². The van der Waals surface area contributed by atoms with Crippen molar-refractivity contribution in [3.63, 3.8) is 0 Å². The first-order valence-electron chi connectivity index (χ1n) is 7.69. The highest BCUT2D eigenvalue weighted by Gasteiger charge is 2.23. The van der Waals surface area contributed by atoms with E-state index in [0.29, 0.717) is 0 Å². The Bertz CT molecular complexity index is 861. The minimum atomic E-state index is 0.761. The summed E-state index contributed by atoms with van der Waals surface area (Å²) >= 11 is 0. The molecule has 2 aromatic heterocycles. The Morgan fingerprint density at radius 3 is 2.70 bits per heavy atom. The van der Waals surface area contributed by atoms with Gasteiger partial charge in [0.05, 0.1) is 22.9 Å². The SMILES string of the molecule is CN(C)c1ncnc2c1CN(c1cnc3ccccc3n1)CC2. The predicted molar refractivity (Wildman–Crippen MR) is 90.7 cm³/mol. The van der Waals surface area contributed by atoms with Gasteiger partial charge in [-0.2, -0.15) is 0 Å². The van der Waals surface area contributed by atoms with Crippen molar-refractivity contribution in [3.8, 4) is 0 Å². The molecule has 3 aromatic rings.